The van der Waals surface area contributed by atoms with Crippen molar-refractivity contribution in [1.82, 2.24) is 0 Å². The fourth-order valence-electron chi connectivity index (χ4n) is 1.87. The molecule has 1 atom stereocenters. The summed E-state index contributed by atoms with van der Waals surface area (Å²) in [5.74, 6) is 0.629. The van der Waals surface area contributed by atoms with E-state index in [1.165, 1.54) is 16.7 Å². The van der Waals surface area contributed by atoms with Crippen LogP contribution in [0.5, 0.6) is 0 Å². The summed E-state index contributed by atoms with van der Waals surface area (Å²) in [6.45, 7) is 4.17. The van der Waals surface area contributed by atoms with E-state index < -0.39 is 0 Å². The number of aliphatic hydroxyl groups is 1. The number of hydrogen-bond acceptors (Lipinski definition) is 1. The third kappa shape index (κ3) is 4.67. The van der Waals surface area contributed by atoms with Crippen LogP contribution in [0.3, 0.4) is 0 Å². The Kier molecular flexibility index (Phi) is 5.13. The molecule has 0 fully saturated rings. The molecule has 0 saturated carbocycles. The summed E-state index contributed by atoms with van der Waals surface area (Å²) >= 11 is 5.59. The number of benzene rings is 1. The minimum atomic E-state index is -0.259. The van der Waals surface area contributed by atoms with E-state index in [9.17, 15) is 5.11 Å². The molecule has 1 aromatic carbocycles. The molecule has 0 heterocycles. The first-order valence-electron chi connectivity index (χ1n) is 5.43. The molecule has 1 aromatic rings. The minimum absolute atomic E-state index is 0.259. The van der Waals surface area contributed by atoms with Crippen LogP contribution in [0.4, 0.5) is 0 Å². The lowest BCUT2D eigenvalue weighted by atomic mass is 10.0. The molecule has 15 heavy (non-hydrogen) atoms. The molecule has 0 spiro atoms. The highest BCUT2D eigenvalue weighted by Gasteiger charge is 2.05. The third-order valence-corrected chi connectivity index (χ3v) is 2.69. The maximum atomic E-state index is 9.76. The summed E-state index contributed by atoms with van der Waals surface area (Å²) in [7, 11) is 0. The first-order chi connectivity index (χ1) is 7.11. The van der Waals surface area contributed by atoms with Crippen molar-refractivity contribution >= 4 is 11.6 Å². The van der Waals surface area contributed by atoms with Crippen molar-refractivity contribution in [1.29, 1.82) is 0 Å². The molecule has 1 N–H and O–H groups in total. The lowest BCUT2D eigenvalue weighted by Crippen LogP contribution is -2.10. The van der Waals surface area contributed by atoms with Crippen LogP contribution in [0.15, 0.2) is 18.2 Å². The van der Waals surface area contributed by atoms with Gasteiger partial charge in [-0.2, -0.15) is 0 Å². The van der Waals surface area contributed by atoms with Crippen molar-refractivity contribution in [2.45, 2.75) is 39.2 Å². The molecule has 0 aromatic heterocycles. The van der Waals surface area contributed by atoms with E-state index in [1.54, 1.807) is 0 Å². The first kappa shape index (κ1) is 12.5. The van der Waals surface area contributed by atoms with Gasteiger partial charge in [-0.3, -0.25) is 0 Å². The first-order valence-corrected chi connectivity index (χ1v) is 5.96. The van der Waals surface area contributed by atoms with E-state index in [0.29, 0.717) is 5.88 Å². The Hall–Kier alpha value is -0.530. The second-order valence-electron chi connectivity index (χ2n) is 4.19. The van der Waals surface area contributed by atoms with Gasteiger partial charge >= 0.3 is 0 Å². The van der Waals surface area contributed by atoms with Crippen LogP contribution in [0.1, 0.15) is 29.5 Å². The van der Waals surface area contributed by atoms with E-state index in [2.05, 4.69) is 32.0 Å². The number of hydrogen-bond donors (Lipinski definition) is 1. The van der Waals surface area contributed by atoms with Crippen LogP contribution < -0.4 is 0 Å². The maximum absolute atomic E-state index is 9.76. The van der Waals surface area contributed by atoms with Gasteiger partial charge in [-0.05, 0) is 38.7 Å². The molecule has 0 amide bonds. The Morgan fingerprint density at radius 2 is 1.80 bits per heavy atom. The Bertz CT molecular complexity index is 289. The van der Waals surface area contributed by atoms with Crippen molar-refractivity contribution in [3.63, 3.8) is 0 Å². The smallest absolute Gasteiger partial charge is 0.0581 e. The van der Waals surface area contributed by atoms with Gasteiger partial charge in [0.1, 0.15) is 0 Å². The Labute approximate surface area is 97.1 Å². The van der Waals surface area contributed by atoms with E-state index in [4.69, 9.17) is 11.6 Å². The molecule has 0 saturated heterocycles. The quantitative estimate of drug-likeness (QED) is 0.765. The SMILES string of the molecule is Cc1cc(C)cc(CC(O)CCCCl)c1. The Balaban J connectivity index is 2.56. The van der Waals surface area contributed by atoms with Crippen LogP contribution in [0.2, 0.25) is 0 Å². The molecule has 0 radical (unpaired) electrons. The molecule has 84 valence electrons. The summed E-state index contributed by atoms with van der Waals surface area (Å²) in [5, 5.41) is 9.76. The standard InChI is InChI=1S/C13H19ClO/c1-10-6-11(2)8-12(7-10)9-13(15)4-3-5-14/h6-8,13,15H,3-5,9H2,1-2H3. The molecule has 0 aliphatic rings. The fraction of sp³-hybridized carbons (Fsp3) is 0.538. The van der Waals surface area contributed by atoms with Crippen LogP contribution in [0.25, 0.3) is 0 Å². The molecule has 0 aliphatic heterocycles. The molecule has 0 bridgehead atoms. The van der Waals surface area contributed by atoms with Gasteiger partial charge in [0.05, 0.1) is 6.10 Å². The van der Waals surface area contributed by atoms with Crippen LogP contribution >= 0.6 is 11.6 Å². The highest BCUT2D eigenvalue weighted by atomic mass is 35.5. The third-order valence-electron chi connectivity index (χ3n) is 2.42. The van der Waals surface area contributed by atoms with Gasteiger partial charge in [-0.15, -0.1) is 11.6 Å². The second kappa shape index (κ2) is 6.14. The summed E-state index contributed by atoms with van der Waals surface area (Å²) in [5.41, 5.74) is 3.73. The summed E-state index contributed by atoms with van der Waals surface area (Å²) in [6.07, 6.45) is 2.15. The number of halogens is 1. The Morgan fingerprint density at radius 1 is 1.20 bits per heavy atom. The normalized spacial score (nSPS) is 12.8. The summed E-state index contributed by atoms with van der Waals surface area (Å²) < 4.78 is 0. The van der Waals surface area contributed by atoms with Crippen LogP contribution in [-0.2, 0) is 6.42 Å². The van der Waals surface area contributed by atoms with Crippen LogP contribution in [0, 0.1) is 13.8 Å². The maximum Gasteiger partial charge on any atom is 0.0581 e. The molecule has 1 nitrogen and oxygen atoms in total. The molecule has 1 unspecified atom stereocenters. The van der Waals surface area contributed by atoms with E-state index in [1.807, 2.05) is 0 Å². The number of alkyl halides is 1. The van der Waals surface area contributed by atoms with E-state index in [0.717, 1.165) is 19.3 Å². The highest BCUT2D eigenvalue weighted by Crippen LogP contribution is 2.13. The largest absolute Gasteiger partial charge is 0.393 e. The molecular weight excluding hydrogens is 208 g/mol. The van der Waals surface area contributed by atoms with Gasteiger partial charge in [-0.1, -0.05) is 29.3 Å². The van der Waals surface area contributed by atoms with Crippen molar-refractivity contribution in [3.05, 3.63) is 34.9 Å². The van der Waals surface area contributed by atoms with Gasteiger partial charge < -0.3 is 5.11 Å². The lowest BCUT2D eigenvalue weighted by molar-refractivity contribution is 0.164. The molecule has 1 rings (SSSR count). The zero-order valence-electron chi connectivity index (χ0n) is 9.46. The van der Waals surface area contributed by atoms with Gasteiger partial charge in [-0.25, -0.2) is 0 Å². The zero-order valence-corrected chi connectivity index (χ0v) is 10.2. The van der Waals surface area contributed by atoms with Crippen molar-refractivity contribution < 1.29 is 5.11 Å². The van der Waals surface area contributed by atoms with Crippen molar-refractivity contribution in [2.75, 3.05) is 5.88 Å². The summed E-state index contributed by atoms with van der Waals surface area (Å²) in [4.78, 5) is 0. The number of aryl methyl sites for hydroxylation is 2. The van der Waals surface area contributed by atoms with Gasteiger partial charge in [0.15, 0.2) is 0 Å². The molecule has 0 aliphatic carbocycles. The van der Waals surface area contributed by atoms with Crippen molar-refractivity contribution in [2.24, 2.45) is 0 Å². The van der Waals surface area contributed by atoms with E-state index >= 15 is 0 Å². The van der Waals surface area contributed by atoms with Gasteiger partial charge in [0.25, 0.3) is 0 Å². The molecular formula is C13H19ClO. The minimum Gasteiger partial charge on any atom is -0.393 e. The number of rotatable bonds is 5. The lowest BCUT2D eigenvalue weighted by Gasteiger charge is -2.11. The second-order valence-corrected chi connectivity index (χ2v) is 4.56. The predicted molar refractivity (Wildman–Crippen MR) is 65.6 cm³/mol. The van der Waals surface area contributed by atoms with E-state index in [-0.39, 0.29) is 6.10 Å². The highest BCUT2D eigenvalue weighted by molar-refractivity contribution is 6.17. The van der Waals surface area contributed by atoms with Gasteiger partial charge in [0, 0.05) is 5.88 Å². The average Bonchev–Trinajstić information content (AvgIpc) is 2.13. The topological polar surface area (TPSA) is 20.2 Å². The Morgan fingerprint density at radius 3 is 2.33 bits per heavy atom. The zero-order chi connectivity index (χ0) is 11.3. The summed E-state index contributed by atoms with van der Waals surface area (Å²) in [6, 6.07) is 6.42. The van der Waals surface area contributed by atoms with Gasteiger partial charge in [0.2, 0.25) is 0 Å². The number of aliphatic hydroxyl groups excluding tert-OH is 1. The monoisotopic (exact) mass is 226 g/mol. The molecule has 2 heteroatoms. The predicted octanol–water partition coefficient (Wildman–Crippen LogP) is 3.23. The fourth-order valence-corrected chi connectivity index (χ4v) is 2.03. The van der Waals surface area contributed by atoms with Crippen molar-refractivity contribution in [3.8, 4) is 0 Å². The average molecular weight is 227 g/mol. The van der Waals surface area contributed by atoms with Crippen LogP contribution in [-0.4, -0.2) is 17.1 Å².